The number of rotatable bonds is 4. The molecular formula is C11H10BrF3N2O2S. The van der Waals surface area contributed by atoms with Gasteiger partial charge < -0.3 is 0 Å². The van der Waals surface area contributed by atoms with E-state index in [0.717, 1.165) is 6.07 Å². The van der Waals surface area contributed by atoms with Gasteiger partial charge in [0.1, 0.15) is 0 Å². The molecule has 0 amide bonds. The monoisotopic (exact) mass is 370 g/mol. The van der Waals surface area contributed by atoms with E-state index in [1.165, 1.54) is 13.0 Å². The Hall–Kier alpha value is -1.27. The zero-order chi connectivity index (χ0) is 15.6. The molecule has 0 heterocycles. The van der Waals surface area contributed by atoms with Gasteiger partial charge in [-0.25, -0.2) is 8.42 Å². The Balaban J connectivity index is 3.16. The van der Waals surface area contributed by atoms with E-state index in [4.69, 9.17) is 5.26 Å². The largest absolute Gasteiger partial charge is 0.417 e. The standard InChI is InChI=1S/C11H10BrF3N2O2S/c1-2-8(6-16)20(18,19)17-7-3-4-10(12)9(5-7)11(13,14)15/h3-5,8,17H,2H2,1H3. The van der Waals surface area contributed by atoms with Crippen LogP contribution in [0.5, 0.6) is 0 Å². The molecule has 1 rings (SSSR count). The van der Waals surface area contributed by atoms with Gasteiger partial charge in [-0.1, -0.05) is 22.9 Å². The predicted molar refractivity (Wildman–Crippen MR) is 71.4 cm³/mol. The van der Waals surface area contributed by atoms with Crippen molar-refractivity contribution >= 4 is 31.6 Å². The van der Waals surface area contributed by atoms with Crippen LogP contribution >= 0.6 is 15.9 Å². The van der Waals surface area contributed by atoms with Crippen LogP contribution in [0.25, 0.3) is 0 Å². The summed E-state index contributed by atoms with van der Waals surface area (Å²) in [7, 11) is -4.04. The van der Waals surface area contributed by atoms with Crippen molar-refractivity contribution in [2.75, 3.05) is 4.72 Å². The second-order valence-corrected chi connectivity index (χ2v) is 6.58. The third kappa shape index (κ3) is 3.86. The molecule has 0 aliphatic rings. The number of nitrogens with zero attached hydrogens (tertiary/aromatic N) is 1. The van der Waals surface area contributed by atoms with Crippen molar-refractivity contribution in [1.29, 1.82) is 5.26 Å². The molecule has 0 radical (unpaired) electrons. The lowest BCUT2D eigenvalue weighted by Gasteiger charge is -2.14. The van der Waals surface area contributed by atoms with E-state index in [9.17, 15) is 21.6 Å². The number of hydrogen-bond donors (Lipinski definition) is 1. The summed E-state index contributed by atoms with van der Waals surface area (Å²) in [5.41, 5.74) is -1.24. The summed E-state index contributed by atoms with van der Waals surface area (Å²) in [4.78, 5) is 0. The molecular weight excluding hydrogens is 361 g/mol. The molecule has 0 saturated carbocycles. The Morgan fingerprint density at radius 3 is 2.50 bits per heavy atom. The normalized spacial score (nSPS) is 13.6. The van der Waals surface area contributed by atoms with Crippen molar-refractivity contribution in [2.45, 2.75) is 24.8 Å². The number of benzene rings is 1. The Labute approximate surface area is 122 Å². The van der Waals surface area contributed by atoms with Gasteiger partial charge in [0.15, 0.2) is 5.25 Å². The molecule has 9 heteroatoms. The minimum atomic E-state index is -4.61. The second kappa shape index (κ2) is 6.01. The summed E-state index contributed by atoms with van der Waals surface area (Å²) < 4.78 is 63.4. The first-order valence-electron chi connectivity index (χ1n) is 5.39. The van der Waals surface area contributed by atoms with Crippen LogP contribution in [0.15, 0.2) is 22.7 Å². The molecule has 1 N–H and O–H groups in total. The molecule has 110 valence electrons. The van der Waals surface area contributed by atoms with Gasteiger partial charge in [0, 0.05) is 10.2 Å². The SMILES string of the molecule is CCC(C#N)S(=O)(=O)Nc1ccc(Br)c(C(F)(F)F)c1. The van der Waals surface area contributed by atoms with Crippen molar-refractivity contribution in [1.82, 2.24) is 0 Å². The summed E-state index contributed by atoms with van der Waals surface area (Å²) in [5.74, 6) is 0. The highest BCUT2D eigenvalue weighted by molar-refractivity contribution is 9.10. The molecule has 1 aromatic carbocycles. The van der Waals surface area contributed by atoms with Crippen LogP contribution in [0.3, 0.4) is 0 Å². The second-order valence-electron chi connectivity index (χ2n) is 3.87. The lowest BCUT2D eigenvalue weighted by molar-refractivity contribution is -0.138. The van der Waals surface area contributed by atoms with Crippen LogP contribution < -0.4 is 4.72 Å². The van der Waals surface area contributed by atoms with Gasteiger partial charge in [-0.2, -0.15) is 18.4 Å². The average Bonchev–Trinajstić information content (AvgIpc) is 2.31. The van der Waals surface area contributed by atoms with Gasteiger partial charge in [-0.05, 0) is 24.6 Å². The Morgan fingerprint density at radius 1 is 1.45 bits per heavy atom. The van der Waals surface area contributed by atoms with E-state index < -0.39 is 27.0 Å². The summed E-state index contributed by atoms with van der Waals surface area (Å²) in [6.45, 7) is 1.50. The lowest BCUT2D eigenvalue weighted by atomic mass is 10.2. The fourth-order valence-electron chi connectivity index (χ4n) is 1.42. The van der Waals surface area contributed by atoms with Gasteiger partial charge in [-0.15, -0.1) is 0 Å². The summed E-state index contributed by atoms with van der Waals surface area (Å²) in [6.07, 6.45) is -4.58. The molecule has 0 bridgehead atoms. The van der Waals surface area contributed by atoms with E-state index >= 15 is 0 Å². The minimum Gasteiger partial charge on any atom is -0.282 e. The fourth-order valence-corrected chi connectivity index (χ4v) is 3.07. The van der Waals surface area contributed by atoms with Crippen molar-refractivity contribution < 1.29 is 21.6 Å². The molecule has 0 aliphatic carbocycles. The minimum absolute atomic E-state index is 0.0362. The van der Waals surface area contributed by atoms with E-state index in [1.807, 2.05) is 4.72 Å². The predicted octanol–water partition coefficient (Wildman–Crippen LogP) is 3.51. The van der Waals surface area contributed by atoms with Crippen molar-refractivity contribution in [2.24, 2.45) is 0 Å². The molecule has 1 aromatic rings. The summed E-state index contributed by atoms with van der Waals surface area (Å²) >= 11 is 2.75. The molecule has 0 aromatic heterocycles. The van der Waals surface area contributed by atoms with Gasteiger partial charge in [0.2, 0.25) is 10.0 Å². The quantitative estimate of drug-likeness (QED) is 0.881. The molecule has 0 saturated heterocycles. The van der Waals surface area contributed by atoms with Crippen LogP contribution in [0, 0.1) is 11.3 Å². The highest BCUT2D eigenvalue weighted by Gasteiger charge is 2.33. The Bertz CT molecular complexity index is 638. The van der Waals surface area contributed by atoms with Gasteiger partial charge >= 0.3 is 6.18 Å². The zero-order valence-corrected chi connectivity index (χ0v) is 12.6. The first kappa shape index (κ1) is 16.8. The van der Waals surface area contributed by atoms with Gasteiger partial charge in [0.05, 0.1) is 11.6 Å². The fraction of sp³-hybridized carbons (Fsp3) is 0.364. The molecule has 0 aliphatic heterocycles. The zero-order valence-electron chi connectivity index (χ0n) is 10.2. The van der Waals surface area contributed by atoms with Gasteiger partial charge in [0.25, 0.3) is 0 Å². The number of anilines is 1. The van der Waals surface area contributed by atoms with Crippen LogP contribution in [-0.2, 0) is 16.2 Å². The van der Waals surface area contributed by atoms with Crippen LogP contribution in [-0.4, -0.2) is 13.7 Å². The number of sulfonamides is 1. The maximum absolute atomic E-state index is 12.7. The number of nitrogens with one attached hydrogen (secondary N) is 1. The summed E-state index contributed by atoms with van der Waals surface area (Å²) in [5, 5.41) is 7.39. The first-order chi connectivity index (χ1) is 9.11. The van der Waals surface area contributed by atoms with Crippen LogP contribution in [0.4, 0.5) is 18.9 Å². The van der Waals surface area contributed by atoms with Gasteiger partial charge in [-0.3, -0.25) is 4.72 Å². The lowest BCUT2D eigenvalue weighted by Crippen LogP contribution is -2.26. The average molecular weight is 371 g/mol. The molecule has 0 spiro atoms. The third-order valence-corrected chi connectivity index (χ3v) is 4.82. The van der Waals surface area contributed by atoms with Crippen molar-refractivity contribution in [3.8, 4) is 6.07 Å². The number of hydrogen-bond acceptors (Lipinski definition) is 3. The number of alkyl halides is 3. The van der Waals surface area contributed by atoms with E-state index in [1.54, 1.807) is 6.07 Å². The van der Waals surface area contributed by atoms with Crippen molar-refractivity contribution in [3.63, 3.8) is 0 Å². The van der Waals surface area contributed by atoms with E-state index in [0.29, 0.717) is 6.07 Å². The Morgan fingerprint density at radius 2 is 2.05 bits per heavy atom. The molecule has 1 atom stereocenters. The van der Waals surface area contributed by atoms with Crippen molar-refractivity contribution in [3.05, 3.63) is 28.2 Å². The number of halogens is 4. The summed E-state index contributed by atoms with van der Waals surface area (Å²) in [6, 6.07) is 4.53. The van der Waals surface area contributed by atoms with E-state index in [2.05, 4.69) is 15.9 Å². The molecule has 4 nitrogen and oxygen atoms in total. The highest BCUT2D eigenvalue weighted by Crippen LogP contribution is 2.36. The molecule has 20 heavy (non-hydrogen) atoms. The maximum atomic E-state index is 12.7. The Kier molecular flexibility index (Phi) is 5.05. The van der Waals surface area contributed by atoms with E-state index in [-0.39, 0.29) is 16.6 Å². The maximum Gasteiger partial charge on any atom is 0.417 e. The van der Waals surface area contributed by atoms with Crippen LogP contribution in [0.1, 0.15) is 18.9 Å². The third-order valence-electron chi connectivity index (χ3n) is 2.42. The molecule has 0 fully saturated rings. The number of nitriles is 1. The smallest absolute Gasteiger partial charge is 0.282 e. The highest BCUT2D eigenvalue weighted by atomic mass is 79.9. The van der Waals surface area contributed by atoms with Crippen LogP contribution in [0.2, 0.25) is 0 Å². The molecule has 1 unspecified atom stereocenters. The topological polar surface area (TPSA) is 70.0 Å². The first-order valence-corrected chi connectivity index (χ1v) is 7.73.